The fourth-order valence-electron chi connectivity index (χ4n) is 3.10. The number of hydrogen-bond donors (Lipinski definition) is 2. The Hall–Kier alpha value is -4.32. The van der Waals surface area contributed by atoms with E-state index in [2.05, 4.69) is 30.8 Å². The summed E-state index contributed by atoms with van der Waals surface area (Å²) < 4.78 is 10.6. The van der Waals surface area contributed by atoms with Crippen molar-refractivity contribution in [3.8, 4) is 5.75 Å². The fourth-order valence-corrected chi connectivity index (χ4v) is 3.10. The number of para-hydroxylation sites is 1. The van der Waals surface area contributed by atoms with Gasteiger partial charge in [0.25, 0.3) is 5.69 Å². The number of aromatic nitrogens is 3. The third kappa shape index (κ3) is 5.68. The maximum Gasteiger partial charge on any atom is 0.278 e. The van der Waals surface area contributed by atoms with E-state index in [1.54, 1.807) is 25.3 Å². The summed E-state index contributed by atoms with van der Waals surface area (Å²) in [6, 6.07) is 13.6. The number of morpholine rings is 1. The molecule has 2 N–H and O–H groups in total. The number of nitrogens with one attached hydrogen (secondary N) is 2. The number of anilines is 4. The number of hydrazone groups is 1. The zero-order chi connectivity index (χ0) is 23.0. The van der Waals surface area contributed by atoms with Gasteiger partial charge in [0.05, 0.1) is 37.0 Å². The Morgan fingerprint density at radius 3 is 2.55 bits per heavy atom. The molecular formula is C21H22N8O4. The van der Waals surface area contributed by atoms with Crippen molar-refractivity contribution in [2.45, 2.75) is 0 Å². The predicted molar refractivity (Wildman–Crippen MR) is 123 cm³/mol. The van der Waals surface area contributed by atoms with Gasteiger partial charge in [0.15, 0.2) is 0 Å². The van der Waals surface area contributed by atoms with Crippen LogP contribution < -0.4 is 20.4 Å². The molecule has 3 aromatic rings. The SMILES string of the molecule is COc1ccc(Nc2nc(NN=Cc3ccccc3[N+](=O)[O-])nc(N3CCOCC3)n2)cc1. The zero-order valence-corrected chi connectivity index (χ0v) is 17.8. The Morgan fingerprint density at radius 1 is 1.09 bits per heavy atom. The zero-order valence-electron chi connectivity index (χ0n) is 17.8. The lowest BCUT2D eigenvalue weighted by molar-refractivity contribution is -0.385. The van der Waals surface area contributed by atoms with Crippen LogP contribution in [0.4, 0.5) is 29.2 Å². The van der Waals surface area contributed by atoms with E-state index >= 15 is 0 Å². The highest BCUT2D eigenvalue weighted by atomic mass is 16.6. The van der Waals surface area contributed by atoms with E-state index in [4.69, 9.17) is 9.47 Å². The summed E-state index contributed by atoms with van der Waals surface area (Å²) in [5.74, 6) is 1.71. The molecule has 33 heavy (non-hydrogen) atoms. The van der Waals surface area contributed by atoms with Crippen molar-refractivity contribution >= 4 is 35.4 Å². The molecule has 0 amide bonds. The molecule has 0 bridgehead atoms. The van der Waals surface area contributed by atoms with Gasteiger partial charge in [-0.25, -0.2) is 5.43 Å². The molecule has 1 aliphatic heterocycles. The largest absolute Gasteiger partial charge is 0.497 e. The van der Waals surface area contributed by atoms with E-state index in [1.165, 1.54) is 12.3 Å². The summed E-state index contributed by atoms with van der Waals surface area (Å²) >= 11 is 0. The van der Waals surface area contributed by atoms with Gasteiger partial charge in [0, 0.05) is 24.8 Å². The smallest absolute Gasteiger partial charge is 0.278 e. The Labute approximate surface area is 189 Å². The van der Waals surface area contributed by atoms with Crippen molar-refractivity contribution in [1.82, 2.24) is 15.0 Å². The summed E-state index contributed by atoms with van der Waals surface area (Å²) in [6.45, 7) is 2.44. The van der Waals surface area contributed by atoms with E-state index in [0.717, 1.165) is 11.4 Å². The molecule has 170 valence electrons. The van der Waals surface area contributed by atoms with E-state index in [9.17, 15) is 10.1 Å². The number of nitrogens with zero attached hydrogens (tertiary/aromatic N) is 6. The van der Waals surface area contributed by atoms with Gasteiger partial charge >= 0.3 is 0 Å². The maximum absolute atomic E-state index is 11.2. The quantitative estimate of drug-likeness (QED) is 0.299. The first-order valence-corrected chi connectivity index (χ1v) is 10.1. The molecule has 0 unspecified atom stereocenters. The lowest BCUT2D eigenvalue weighted by Crippen LogP contribution is -2.37. The van der Waals surface area contributed by atoms with E-state index in [0.29, 0.717) is 43.8 Å². The molecule has 0 spiro atoms. The van der Waals surface area contributed by atoms with Gasteiger partial charge in [-0.05, 0) is 30.3 Å². The second kappa shape index (κ2) is 10.3. The van der Waals surface area contributed by atoms with Gasteiger partial charge < -0.3 is 19.7 Å². The number of methoxy groups -OCH3 is 1. The molecule has 0 saturated carbocycles. The van der Waals surface area contributed by atoms with Crippen LogP contribution >= 0.6 is 0 Å². The minimum absolute atomic E-state index is 0.0467. The normalized spacial score (nSPS) is 13.7. The number of rotatable bonds is 8. The minimum Gasteiger partial charge on any atom is -0.497 e. The summed E-state index contributed by atoms with van der Waals surface area (Å²) in [5.41, 5.74) is 3.83. The second-order valence-electron chi connectivity index (χ2n) is 6.92. The second-order valence-corrected chi connectivity index (χ2v) is 6.92. The highest BCUT2D eigenvalue weighted by Crippen LogP contribution is 2.21. The molecule has 12 nitrogen and oxygen atoms in total. The van der Waals surface area contributed by atoms with Crippen LogP contribution in [0.25, 0.3) is 0 Å². The topological polar surface area (TPSA) is 140 Å². The van der Waals surface area contributed by atoms with Gasteiger partial charge in [-0.3, -0.25) is 10.1 Å². The molecule has 12 heteroatoms. The standard InChI is InChI=1S/C21H22N8O4/c1-32-17-8-6-16(7-9-17)23-19-24-20(26-21(25-19)28-10-12-33-13-11-28)27-22-14-15-4-2-3-5-18(15)29(30)31/h2-9,14H,10-13H2,1H3,(H2,23,24,25,26,27). The number of benzene rings is 2. The molecule has 2 aromatic carbocycles. The van der Waals surface area contributed by atoms with Crippen LogP contribution in [0.15, 0.2) is 53.6 Å². The Kier molecular flexibility index (Phi) is 6.85. The van der Waals surface area contributed by atoms with Crippen LogP contribution in [0.5, 0.6) is 5.75 Å². The van der Waals surface area contributed by atoms with Crippen LogP contribution in [0, 0.1) is 10.1 Å². The van der Waals surface area contributed by atoms with E-state index in [1.807, 2.05) is 29.2 Å². The molecule has 4 rings (SSSR count). The van der Waals surface area contributed by atoms with Gasteiger partial charge in [0.2, 0.25) is 17.8 Å². The van der Waals surface area contributed by atoms with Crippen LogP contribution in [-0.4, -0.2) is 59.5 Å². The predicted octanol–water partition coefficient (Wildman–Crippen LogP) is 2.81. The summed E-state index contributed by atoms with van der Waals surface area (Å²) in [6.07, 6.45) is 1.35. The highest BCUT2D eigenvalue weighted by Gasteiger charge is 2.17. The van der Waals surface area contributed by atoms with Crippen molar-refractivity contribution in [1.29, 1.82) is 0 Å². The first-order chi connectivity index (χ1) is 16.1. The minimum atomic E-state index is -0.461. The Bertz CT molecular complexity index is 1130. The number of hydrogen-bond acceptors (Lipinski definition) is 11. The summed E-state index contributed by atoms with van der Waals surface area (Å²) in [4.78, 5) is 26.1. The average Bonchev–Trinajstić information content (AvgIpc) is 2.85. The third-order valence-electron chi connectivity index (χ3n) is 4.77. The third-order valence-corrected chi connectivity index (χ3v) is 4.77. The molecule has 0 radical (unpaired) electrons. The van der Waals surface area contributed by atoms with Crippen LogP contribution in [-0.2, 0) is 4.74 Å². The molecule has 1 aliphatic rings. The fraction of sp³-hybridized carbons (Fsp3) is 0.238. The number of nitro groups is 1. The van der Waals surface area contributed by atoms with Crippen LogP contribution in [0.1, 0.15) is 5.56 Å². The molecule has 1 fully saturated rings. The van der Waals surface area contributed by atoms with Gasteiger partial charge in [-0.2, -0.15) is 20.1 Å². The van der Waals surface area contributed by atoms with Crippen molar-refractivity contribution in [3.05, 3.63) is 64.2 Å². The molecule has 2 heterocycles. The Balaban J connectivity index is 1.58. The first kappa shape index (κ1) is 21.9. The summed E-state index contributed by atoms with van der Waals surface area (Å²) in [5, 5.41) is 18.4. The lowest BCUT2D eigenvalue weighted by atomic mass is 10.2. The van der Waals surface area contributed by atoms with Crippen molar-refractivity contribution in [3.63, 3.8) is 0 Å². The number of ether oxygens (including phenoxy) is 2. The molecule has 0 atom stereocenters. The van der Waals surface area contributed by atoms with Crippen LogP contribution in [0.3, 0.4) is 0 Å². The van der Waals surface area contributed by atoms with E-state index < -0.39 is 4.92 Å². The average molecular weight is 450 g/mol. The maximum atomic E-state index is 11.2. The van der Waals surface area contributed by atoms with Gasteiger partial charge in [0.1, 0.15) is 5.75 Å². The monoisotopic (exact) mass is 450 g/mol. The molecule has 0 aliphatic carbocycles. The van der Waals surface area contributed by atoms with Crippen molar-refractivity contribution in [2.24, 2.45) is 5.10 Å². The van der Waals surface area contributed by atoms with E-state index in [-0.39, 0.29) is 11.6 Å². The summed E-state index contributed by atoms with van der Waals surface area (Å²) in [7, 11) is 1.60. The lowest BCUT2D eigenvalue weighted by Gasteiger charge is -2.27. The highest BCUT2D eigenvalue weighted by molar-refractivity contribution is 5.85. The first-order valence-electron chi connectivity index (χ1n) is 10.1. The molecular weight excluding hydrogens is 428 g/mol. The van der Waals surface area contributed by atoms with Gasteiger partial charge in [-0.1, -0.05) is 12.1 Å². The molecule has 1 aromatic heterocycles. The van der Waals surface area contributed by atoms with Crippen molar-refractivity contribution in [2.75, 3.05) is 49.1 Å². The van der Waals surface area contributed by atoms with Crippen molar-refractivity contribution < 1.29 is 14.4 Å². The number of nitro benzene ring substituents is 1. The molecule has 1 saturated heterocycles. The van der Waals surface area contributed by atoms with Gasteiger partial charge in [-0.15, -0.1) is 0 Å². The van der Waals surface area contributed by atoms with Crippen LogP contribution in [0.2, 0.25) is 0 Å². The Morgan fingerprint density at radius 2 is 1.82 bits per heavy atom.